The molecule has 4 heteroatoms. The Labute approximate surface area is 116 Å². The van der Waals surface area contributed by atoms with Crippen LogP contribution in [0.15, 0.2) is 53.4 Å². The van der Waals surface area contributed by atoms with E-state index in [0.717, 1.165) is 16.2 Å². The zero-order valence-corrected chi connectivity index (χ0v) is 11.3. The first-order valence-corrected chi connectivity index (χ1v) is 7.01. The van der Waals surface area contributed by atoms with E-state index in [2.05, 4.69) is 0 Å². The Morgan fingerprint density at radius 1 is 1.16 bits per heavy atom. The summed E-state index contributed by atoms with van der Waals surface area (Å²) in [6, 6.07) is 14.5. The Kier molecular flexibility index (Phi) is 4.47. The maximum Gasteiger partial charge on any atom is 0.335 e. The number of carboxylic acids is 1. The SMILES string of the molecule is CSc1ccccc1OCc1ccc(C(=O)O)cc1. The molecule has 0 atom stereocenters. The van der Waals surface area contributed by atoms with Gasteiger partial charge in [-0.2, -0.15) is 0 Å². The number of aromatic carboxylic acids is 1. The van der Waals surface area contributed by atoms with Crippen molar-refractivity contribution in [2.75, 3.05) is 6.26 Å². The number of para-hydroxylation sites is 1. The van der Waals surface area contributed by atoms with Gasteiger partial charge >= 0.3 is 5.97 Å². The summed E-state index contributed by atoms with van der Waals surface area (Å²) in [5.41, 5.74) is 1.23. The van der Waals surface area contributed by atoms with Gasteiger partial charge in [0.05, 0.1) is 5.56 Å². The first kappa shape index (κ1) is 13.5. The van der Waals surface area contributed by atoms with Crippen molar-refractivity contribution < 1.29 is 14.6 Å². The fourth-order valence-corrected chi connectivity index (χ4v) is 2.19. The predicted octanol–water partition coefficient (Wildman–Crippen LogP) is 3.69. The Morgan fingerprint density at radius 2 is 1.84 bits per heavy atom. The first-order chi connectivity index (χ1) is 9.20. The van der Waals surface area contributed by atoms with Gasteiger partial charge in [-0.25, -0.2) is 4.79 Å². The summed E-state index contributed by atoms with van der Waals surface area (Å²) in [6.07, 6.45) is 2.00. The number of benzene rings is 2. The molecule has 0 bridgehead atoms. The minimum absolute atomic E-state index is 0.285. The molecule has 2 rings (SSSR count). The number of ether oxygens (including phenoxy) is 1. The van der Waals surface area contributed by atoms with Gasteiger partial charge in [-0.3, -0.25) is 0 Å². The van der Waals surface area contributed by atoms with Crippen molar-refractivity contribution in [2.24, 2.45) is 0 Å². The van der Waals surface area contributed by atoms with E-state index < -0.39 is 5.97 Å². The Hall–Kier alpha value is -1.94. The van der Waals surface area contributed by atoms with E-state index in [1.54, 1.807) is 36.0 Å². The van der Waals surface area contributed by atoms with E-state index in [9.17, 15) is 4.79 Å². The number of carboxylic acid groups (broad SMARTS) is 1. The molecule has 0 aliphatic rings. The Balaban J connectivity index is 2.04. The van der Waals surface area contributed by atoms with Crippen LogP contribution in [0.3, 0.4) is 0 Å². The monoisotopic (exact) mass is 274 g/mol. The minimum Gasteiger partial charge on any atom is -0.488 e. The molecule has 3 nitrogen and oxygen atoms in total. The number of thioether (sulfide) groups is 1. The molecule has 0 aliphatic heterocycles. The molecule has 0 heterocycles. The zero-order valence-electron chi connectivity index (χ0n) is 10.5. The quantitative estimate of drug-likeness (QED) is 0.845. The molecule has 0 saturated carbocycles. The highest BCUT2D eigenvalue weighted by Gasteiger charge is 2.04. The van der Waals surface area contributed by atoms with Crippen LogP contribution in [0.25, 0.3) is 0 Å². The summed E-state index contributed by atoms with van der Waals surface area (Å²) >= 11 is 1.63. The van der Waals surface area contributed by atoms with Gasteiger partial charge in [-0.05, 0) is 36.1 Å². The van der Waals surface area contributed by atoms with Gasteiger partial charge in [0.15, 0.2) is 0 Å². The van der Waals surface area contributed by atoms with Crippen molar-refractivity contribution in [3.05, 3.63) is 59.7 Å². The number of rotatable bonds is 5. The smallest absolute Gasteiger partial charge is 0.335 e. The lowest BCUT2D eigenvalue weighted by molar-refractivity contribution is 0.0697. The lowest BCUT2D eigenvalue weighted by atomic mass is 10.1. The second kappa shape index (κ2) is 6.29. The molecule has 98 valence electrons. The molecule has 19 heavy (non-hydrogen) atoms. The van der Waals surface area contributed by atoms with E-state index in [0.29, 0.717) is 6.61 Å². The normalized spacial score (nSPS) is 10.2. The van der Waals surface area contributed by atoms with Gasteiger partial charge in [0.1, 0.15) is 12.4 Å². The highest BCUT2D eigenvalue weighted by Crippen LogP contribution is 2.27. The molecule has 0 fully saturated rings. The van der Waals surface area contributed by atoms with Crippen LogP contribution in [0, 0.1) is 0 Å². The van der Waals surface area contributed by atoms with Crippen molar-refractivity contribution in [3.63, 3.8) is 0 Å². The number of carbonyl (C=O) groups is 1. The van der Waals surface area contributed by atoms with E-state index >= 15 is 0 Å². The van der Waals surface area contributed by atoms with Gasteiger partial charge in [-0.1, -0.05) is 24.3 Å². The zero-order chi connectivity index (χ0) is 13.7. The number of hydrogen-bond acceptors (Lipinski definition) is 3. The first-order valence-electron chi connectivity index (χ1n) is 5.79. The van der Waals surface area contributed by atoms with Gasteiger partial charge in [0.2, 0.25) is 0 Å². The van der Waals surface area contributed by atoms with Crippen LogP contribution in [0.5, 0.6) is 5.75 Å². The lowest BCUT2D eigenvalue weighted by Crippen LogP contribution is -1.99. The fourth-order valence-electron chi connectivity index (χ4n) is 1.64. The molecule has 0 unspecified atom stereocenters. The standard InChI is InChI=1S/C15H14O3S/c1-19-14-5-3-2-4-13(14)18-10-11-6-8-12(9-7-11)15(16)17/h2-9H,10H2,1H3,(H,16,17). The van der Waals surface area contributed by atoms with Crippen molar-refractivity contribution >= 4 is 17.7 Å². The molecule has 2 aromatic rings. The molecule has 2 aromatic carbocycles. The topological polar surface area (TPSA) is 46.5 Å². The van der Waals surface area contributed by atoms with E-state index in [1.807, 2.05) is 30.5 Å². The average Bonchev–Trinajstić information content (AvgIpc) is 2.45. The summed E-state index contributed by atoms with van der Waals surface area (Å²) in [5, 5.41) is 8.82. The van der Waals surface area contributed by atoms with Crippen molar-refractivity contribution in [2.45, 2.75) is 11.5 Å². The summed E-state index contributed by atoms with van der Waals surface area (Å²) in [5.74, 6) is -0.0718. The molecule has 0 amide bonds. The van der Waals surface area contributed by atoms with Crippen molar-refractivity contribution in [3.8, 4) is 5.75 Å². The molecule has 0 saturated heterocycles. The van der Waals surface area contributed by atoms with Crippen LogP contribution < -0.4 is 4.74 Å². The van der Waals surface area contributed by atoms with Crippen LogP contribution in [0.4, 0.5) is 0 Å². The highest BCUT2D eigenvalue weighted by molar-refractivity contribution is 7.98. The molecule has 1 N–H and O–H groups in total. The summed E-state index contributed by atoms with van der Waals surface area (Å²) in [4.78, 5) is 11.8. The maximum atomic E-state index is 10.7. The minimum atomic E-state index is -0.916. The lowest BCUT2D eigenvalue weighted by Gasteiger charge is -2.09. The van der Waals surface area contributed by atoms with Gasteiger partial charge < -0.3 is 9.84 Å². The molecule has 0 aromatic heterocycles. The van der Waals surface area contributed by atoms with Gasteiger partial charge in [0.25, 0.3) is 0 Å². The number of hydrogen-bond donors (Lipinski definition) is 1. The van der Waals surface area contributed by atoms with Crippen molar-refractivity contribution in [1.29, 1.82) is 0 Å². The largest absolute Gasteiger partial charge is 0.488 e. The second-order valence-electron chi connectivity index (χ2n) is 3.94. The Bertz CT molecular complexity index is 564. The van der Waals surface area contributed by atoms with E-state index in [1.165, 1.54) is 0 Å². The molecule has 0 spiro atoms. The molecule has 0 radical (unpaired) electrons. The van der Waals surface area contributed by atoms with E-state index in [4.69, 9.17) is 9.84 Å². The third-order valence-electron chi connectivity index (χ3n) is 2.66. The average molecular weight is 274 g/mol. The fraction of sp³-hybridized carbons (Fsp3) is 0.133. The molecular weight excluding hydrogens is 260 g/mol. The summed E-state index contributed by atoms with van der Waals surface area (Å²) < 4.78 is 5.75. The van der Waals surface area contributed by atoms with Crippen LogP contribution in [-0.4, -0.2) is 17.3 Å². The predicted molar refractivity (Wildman–Crippen MR) is 76.0 cm³/mol. The third kappa shape index (κ3) is 3.51. The van der Waals surface area contributed by atoms with Gasteiger partial charge in [-0.15, -0.1) is 11.8 Å². The van der Waals surface area contributed by atoms with Crippen LogP contribution in [0.2, 0.25) is 0 Å². The third-order valence-corrected chi connectivity index (χ3v) is 3.44. The molecular formula is C15H14O3S. The van der Waals surface area contributed by atoms with E-state index in [-0.39, 0.29) is 5.56 Å². The molecule has 0 aliphatic carbocycles. The highest BCUT2D eigenvalue weighted by atomic mass is 32.2. The summed E-state index contributed by atoms with van der Waals surface area (Å²) in [7, 11) is 0. The Morgan fingerprint density at radius 3 is 2.47 bits per heavy atom. The summed E-state index contributed by atoms with van der Waals surface area (Å²) in [6.45, 7) is 0.428. The van der Waals surface area contributed by atoms with Crippen LogP contribution in [-0.2, 0) is 6.61 Å². The van der Waals surface area contributed by atoms with Crippen LogP contribution >= 0.6 is 11.8 Å². The second-order valence-corrected chi connectivity index (χ2v) is 4.79. The van der Waals surface area contributed by atoms with Gasteiger partial charge in [0, 0.05) is 4.90 Å². The maximum absolute atomic E-state index is 10.7. The van der Waals surface area contributed by atoms with Crippen LogP contribution in [0.1, 0.15) is 15.9 Å². The van der Waals surface area contributed by atoms with Crippen molar-refractivity contribution in [1.82, 2.24) is 0 Å².